The van der Waals surface area contributed by atoms with Gasteiger partial charge < -0.3 is 5.32 Å². The molecule has 0 saturated carbocycles. The van der Waals surface area contributed by atoms with Crippen molar-refractivity contribution in [2.75, 3.05) is 12.4 Å². The molecule has 0 saturated heterocycles. The largest absolute Gasteiger partial charge is 0.388 e. The number of nitrogens with one attached hydrogen (secondary N) is 2. The van der Waals surface area contributed by atoms with Crippen LogP contribution in [0.5, 0.6) is 0 Å². The van der Waals surface area contributed by atoms with Crippen molar-refractivity contribution in [2.45, 2.75) is 11.4 Å². The van der Waals surface area contributed by atoms with Crippen LogP contribution in [-0.4, -0.2) is 15.5 Å². The van der Waals surface area contributed by atoms with E-state index in [1.807, 2.05) is 6.07 Å². The highest BCUT2D eigenvalue weighted by molar-refractivity contribution is 7.89. The number of hydrogen-bond donors (Lipinski definition) is 2. The number of halogens is 1. The predicted molar refractivity (Wildman–Crippen MR) is 81.5 cm³/mol. The first-order valence-corrected chi connectivity index (χ1v) is 7.89. The second-order valence-electron chi connectivity index (χ2n) is 4.23. The maximum atomic E-state index is 12.1. The van der Waals surface area contributed by atoms with Gasteiger partial charge in [0.25, 0.3) is 0 Å². The molecule has 0 amide bonds. The lowest BCUT2D eigenvalue weighted by Crippen LogP contribution is -2.23. The van der Waals surface area contributed by atoms with E-state index in [1.54, 1.807) is 49.5 Å². The Hall–Kier alpha value is -1.56. The van der Waals surface area contributed by atoms with Crippen LogP contribution >= 0.6 is 11.6 Å². The van der Waals surface area contributed by atoms with Crippen LogP contribution in [0, 0.1) is 0 Å². The summed E-state index contributed by atoms with van der Waals surface area (Å²) in [5.41, 5.74) is 1.67. The molecular weight excluding hydrogens is 296 g/mol. The van der Waals surface area contributed by atoms with Gasteiger partial charge in [-0.1, -0.05) is 23.7 Å². The van der Waals surface area contributed by atoms with Crippen LogP contribution in [0.2, 0.25) is 5.02 Å². The van der Waals surface area contributed by atoms with Crippen molar-refractivity contribution in [2.24, 2.45) is 0 Å². The summed E-state index contributed by atoms with van der Waals surface area (Å²) >= 11 is 5.86. The van der Waals surface area contributed by atoms with E-state index >= 15 is 0 Å². The summed E-state index contributed by atoms with van der Waals surface area (Å²) in [6.45, 7) is 0.205. The molecule has 0 bridgehead atoms. The standard InChI is InChI=1S/C14H15ClN2O2S/c1-16-13-5-7-14(8-6-13)20(18,19)17-10-11-3-2-4-12(15)9-11/h2-9,16-17H,10H2,1H3. The first-order chi connectivity index (χ1) is 9.51. The van der Waals surface area contributed by atoms with Gasteiger partial charge in [-0.05, 0) is 42.0 Å². The van der Waals surface area contributed by atoms with Gasteiger partial charge in [0.1, 0.15) is 0 Å². The Morgan fingerprint density at radius 3 is 2.40 bits per heavy atom. The van der Waals surface area contributed by atoms with E-state index in [0.717, 1.165) is 11.3 Å². The van der Waals surface area contributed by atoms with Crippen molar-refractivity contribution in [1.82, 2.24) is 4.72 Å². The third-order valence-corrected chi connectivity index (χ3v) is 4.46. The van der Waals surface area contributed by atoms with E-state index < -0.39 is 10.0 Å². The highest BCUT2D eigenvalue weighted by Crippen LogP contribution is 2.15. The fourth-order valence-electron chi connectivity index (χ4n) is 1.71. The zero-order valence-electron chi connectivity index (χ0n) is 10.9. The number of hydrogen-bond acceptors (Lipinski definition) is 3. The average molecular weight is 311 g/mol. The summed E-state index contributed by atoms with van der Waals surface area (Å²) < 4.78 is 26.8. The van der Waals surface area contributed by atoms with E-state index in [0.29, 0.717) is 5.02 Å². The summed E-state index contributed by atoms with van der Waals surface area (Å²) in [5, 5.41) is 3.52. The second kappa shape index (κ2) is 6.26. The maximum absolute atomic E-state index is 12.1. The fraction of sp³-hybridized carbons (Fsp3) is 0.143. The molecule has 0 unspecified atom stereocenters. The molecule has 106 valence electrons. The molecule has 0 heterocycles. The Kier molecular flexibility index (Phi) is 4.65. The molecule has 2 N–H and O–H groups in total. The summed E-state index contributed by atoms with van der Waals surface area (Å²) in [6, 6.07) is 13.6. The van der Waals surface area contributed by atoms with Gasteiger partial charge in [-0.15, -0.1) is 0 Å². The number of benzene rings is 2. The van der Waals surface area contributed by atoms with Crippen LogP contribution in [-0.2, 0) is 16.6 Å². The van der Waals surface area contributed by atoms with E-state index in [1.165, 1.54) is 0 Å². The summed E-state index contributed by atoms with van der Waals surface area (Å²) in [5.74, 6) is 0. The summed E-state index contributed by atoms with van der Waals surface area (Å²) in [7, 11) is -1.74. The number of anilines is 1. The average Bonchev–Trinajstić information content (AvgIpc) is 2.45. The number of rotatable bonds is 5. The van der Waals surface area contributed by atoms with Crippen molar-refractivity contribution < 1.29 is 8.42 Å². The Balaban J connectivity index is 2.10. The fourth-order valence-corrected chi connectivity index (χ4v) is 2.94. The van der Waals surface area contributed by atoms with E-state index in [-0.39, 0.29) is 11.4 Å². The lowest BCUT2D eigenvalue weighted by atomic mass is 10.2. The minimum absolute atomic E-state index is 0.205. The lowest BCUT2D eigenvalue weighted by Gasteiger charge is -2.08. The maximum Gasteiger partial charge on any atom is 0.240 e. The molecule has 0 radical (unpaired) electrons. The molecule has 0 spiro atoms. The first kappa shape index (κ1) is 14.8. The van der Waals surface area contributed by atoms with Gasteiger partial charge in [-0.2, -0.15) is 0 Å². The third-order valence-electron chi connectivity index (χ3n) is 2.81. The van der Waals surface area contributed by atoms with Gasteiger partial charge in [0, 0.05) is 24.3 Å². The predicted octanol–water partition coefficient (Wildman–Crippen LogP) is 2.86. The summed E-state index contributed by atoms with van der Waals surface area (Å²) in [4.78, 5) is 0.235. The normalized spacial score (nSPS) is 11.3. The smallest absolute Gasteiger partial charge is 0.240 e. The van der Waals surface area contributed by atoms with Crippen LogP contribution in [0.1, 0.15) is 5.56 Å². The molecule has 0 atom stereocenters. The topological polar surface area (TPSA) is 58.2 Å². The quantitative estimate of drug-likeness (QED) is 0.893. The molecular formula is C14H15ClN2O2S. The molecule has 4 nitrogen and oxygen atoms in total. The Morgan fingerprint density at radius 1 is 1.10 bits per heavy atom. The Morgan fingerprint density at radius 2 is 1.80 bits per heavy atom. The highest BCUT2D eigenvalue weighted by Gasteiger charge is 2.13. The Labute approximate surface area is 123 Å². The Bertz CT molecular complexity index is 685. The third kappa shape index (κ3) is 3.72. The van der Waals surface area contributed by atoms with Crippen LogP contribution in [0.3, 0.4) is 0 Å². The van der Waals surface area contributed by atoms with Crippen LogP contribution in [0.25, 0.3) is 0 Å². The molecule has 0 aliphatic rings. The lowest BCUT2D eigenvalue weighted by molar-refractivity contribution is 0.581. The summed E-state index contributed by atoms with van der Waals surface area (Å²) in [6.07, 6.45) is 0. The molecule has 0 aliphatic carbocycles. The van der Waals surface area contributed by atoms with Gasteiger partial charge in [0.2, 0.25) is 10.0 Å². The van der Waals surface area contributed by atoms with Gasteiger partial charge in [-0.3, -0.25) is 0 Å². The van der Waals surface area contributed by atoms with Crippen LogP contribution in [0.15, 0.2) is 53.4 Å². The van der Waals surface area contributed by atoms with E-state index in [4.69, 9.17) is 11.6 Å². The zero-order chi connectivity index (χ0) is 14.6. The van der Waals surface area contributed by atoms with Crippen LogP contribution < -0.4 is 10.0 Å². The van der Waals surface area contributed by atoms with Crippen molar-refractivity contribution >= 4 is 27.3 Å². The van der Waals surface area contributed by atoms with Gasteiger partial charge in [-0.25, -0.2) is 13.1 Å². The van der Waals surface area contributed by atoms with Crippen molar-refractivity contribution in [3.8, 4) is 0 Å². The monoisotopic (exact) mass is 310 g/mol. The van der Waals surface area contributed by atoms with E-state index in [2.05, 4.69) is 10.0 Å². The zero-order valence-corrected chi connectivity index (χ0v) is 12.5. The highest BCUT2D eigenvalue weighted by atomic mass is 35.5. The van der Waals surface area contributed by atoms with Crippen molar-refractivity contribution in [3.05, 3.63) is 59.1 Å². The van der Waals surface area contributed by atoms with Gasteiger partial charge in [0.15, 0.2) is 0 Å². The first-order valence-electron chi connectivity index (χ1n) is 6.03. The van der Waals surface area contributed by atoms with Gasteiger partial charge in [0.05, 0.1) is 4.90 Å². The van der Waals surface area contributed by atoms with Crippen LogP contribution in [0.4, 0.5) is 5.69 Å². The second-order valence-corrected chi connectivity index (χ2v) is 6.43. The van der Waals surface area contributed by atoms with Gasteiger partial charge >= 0.3 is 0 Å². The molecule has 0 fully saturated rings. The molecule has 2 rings (SSSR count). The van der Waals surface area contributed by atoms with Crippen molar-refractivity contribution in [1.29, 1.82) is 0 Å². The SMILES string of the molecule is CNc1ccc(S(=O)(=O)NCc2cccc(Cl)c2)cc1. The molecule has 2 aromatic rings. The molecule has 0 aromatic heterocycles. The molecule has 0 aliphatic heterocycles. The molecule has 2 aromatic carbocycles. The minimum atomic E-state index is -3.52. The number of sulfonamides is 1. The van der Waals surface area contributed by atoms with E-state index in [9.17, 15) is 8.42 Å². The van der Waals surface area contributed by atoms with Crippen molar-refractivity contribution in [3.63, 3.8) is 0 Å². The molecule has 20 heavy (non-hydrogen) atoms. The molecule has 6 heteroatoms. The minimum Gasteiger partial charge on any atom is -0.388 e.